The number of rotatable bonds is 7. The fourth-order valence-corrected chi connectivity index (χ4v) is 3.15. The highest BCUT2D eigenvalue weighted by Gasteiger charge is 2.23. The molecule has 8 heteroatoms. The van der Waals surface area contributed by atoms with Crippen LogP contribution in [0.2, 0.25) is 0 Å². The molecule has 1 atom stereocenters. The van der Waals surface area contributed by atoms with Gasteiger partial charge in [-0.2, -0.15) is 5.10 Å². The van der Waals surface area contributed by atoms with Gasteiger partial charge in [-0.25, -0.2) is 14.8 Å². The molecular weight excluding hydrogens is 370 g/mol. The number of nitrogens with one attached hydrogen (secondary N) is 2. The molecule has 3 aromatic heterocycles. The van der Waals surface area contributed by atoms with Crippen molar-refractivity contribution < 1.29 is 14.3 Å². The molecule has 0 fully saturated rings. The van der Waals surface area contributed by atoms with Crippen LogP contribution >= 0.6 is 0 Å². The number of H-pyrrole nitrogens is 1. The highest BCUT2D eigenvalue weighted by Crippen LogP contribution is 2.33. The van der Waals surface area contributed by atoms with E-state index in [0.29, 0.717) is 29.3 Å². The maximum Gasteiger partial charge on any atom is 0.326 e. The Kier molecular flexibility index (Phi) is 4.99. The number of fused-ring (bicyclic) bond motifs is 1. The average Bonchev–Trinajstić information content (AvgIpc) is 3.37. The van der Waals surface area contributed by atoms with Gasteiger partial charge in [0, 0.05) is 23.5 Å². The van der Waals surface area contributed by atoms with Gasteiger partial charge in [-0.3, -0.25) is 5.10 Å². The first-order valence-corrected chi connectivity index (χ1v) is 9.35. The van der Waals surface area contributed by atoms with Gasteiger partial charge in [0.05, 0.1) is 11.8 Å². The Balaban J connectivity index is 1.80. The maximum absolute atomic E-state index is 11.7. The lowest BCUT2D eigenvalue weighted by atomic mass is 10.0. The Bertz CT molecular complexity index is 1100. The number of carboxylic acids is 1. The summed E-state index contributed by atoms with van der Waals surface area (Å²) >= 11 is 0. The third-order valence-corrected chi connectivity index (χ3v) is 4.56. The largest absolute Gasteiger partial charge is 0.480 e. The van der Waals surface area contributed by atoms with Gasteiger partial charge in [-0.15, -0.1) is 0 Å². The number of aromatic amines is 1. The normalized spacial score (nSPS) is 12.4. The lowest BCUT2D eigenvalue weighted by Gasteiger charge is -2.18. The molecule has 4 aromatic rings. The van der Waals surface area contributed by atoms with Gasteiger partial charge in [-0.1, -0.05) is 26.0 Å². The summed E-state index contributed by atoms with van der Waals surface area (Å²) < 4.78 is 5.93. The van der Waals surface area contributed by atoms with E-state index in [-0.39, 0.29) is 5.92 Å². The number of hydrogen-bond donors (Lipinski definition) is 3. The maximum atomic E-state index is 11.7. The van der Waals surface area contributed by atoms with Crippen LogP contribution in [-0.4, -0.2) is 37.3 Å². The minimum atomic E-state index is -0.928. The second-order valence-electron chi connectivity index (χ2n) is 7.26. The summed E-state index contributed by atoms with van der Waals surface area (Å²) in [6.07, 6.45) is 5.60. The van der Waals surface area contributed by atoms with Crippen LogP contribution in [0, 0.1) is 5.92 Å². The molecule has 3 heterocycles. The van der Waals surface area contributed by atoms with Crippen molar-refractivity contribution in [3.63, 3.8) is 0 Å². The molecule has 4 rings (SSSR count). The lowest BCUT2D eigenvalue weighted by molar-refractivity contribution is -0.138. The van der Waals surface area contributed by atoms with Crippen molar-refractivity contribution in [2.45, 2.75) is 26.3 Å². The van der Waals surface area contributed by atoms with Crippen LogP contribution in [0.4, 0.5) is 5.82 Å². The number of pyridine rings is 1. The Morgan fingerprint density at radius 3 is 2.76 bits per heavy atom. The van der Waals surface area contributed by atoms with Crippen LogP contribution in [0.5, 0.6) is 0 Å². The van der Waals surface area contributed by atoms with Gasteiger partial charge in [0.25, 0.3) is 0 Å². The van der Waals surface area contributed by atoms with Crippen LogP contribution in [0.3, 0.4) is 0 Å². The van der Waals surface area contributed by atoms with Crippen LogP contribution in [-0.2, 0) is 4.79 Å². The second kappa shape index (κ2) is 7.75. The molecule has 0 saturated heterocycles. The number of oxazole rings is 1. The molecule has 29 heavy (non-hydrogen) atoms. The predicted octanol–water partition coefficient (Wildman–Crippen LogP) is 4.19. The molecule has 0 bridgehead atoms. The fraction of sp³-hybridized carbons (Fsp3) is 0.238. The summed E-state index contributed by atoms with van der Waals surface area (Å²) in [5, 5.41) is 19.4. The Labute approximate surface area is 167 Å². The smallest absolute Gasteiger partial charge is 0.326 e. The van der Waals surface area contributed by atoms with Gasteiger partial charge in [-0.05, 0) is 30.5 Å². The van der Waals surface area contributed by atoms with Gasteiger partial charge < -0.3 is 14.8 Å². The number of carboxylic acid groups (broad SMARTS) is 1. The molecule has 0 aliphatic rings. The number of anilines is 1. The highest BCUT2D eigenvalue weighted by molar-refractivity contribution is 5.84. The van der Waals surface area contributed by atoms with E-state index in [0.717, 1.165) is 16.6 Å². The zero-order chi connectivity index (χ0) is 20.4. The van der Waals surface area contributed by atoms with E-state index >= 15 is 0 Å². The monoisotopic (exact) mass is 391 g/mol. The molecule has 3 N–H and O–H groups in total. The van der Waals surface area contributed by atoms with Crippen LogP contribution in [0.15, 0.2) is 53.3 Å². The number of hydrogen-bond acceptors (Lipinski definition) is 6. The molecule has 148 valence electrons. The van der Waals surface area contributed by atoms with Crippen LogP contribution in [0.25, 0.3) is 33.7 Å². The number of benzene rings is 1. The van der Waals surface area contributed by atoms with E-state index in [1.165, 1.54) is 0 Å². The third kappa shape index (κ3) is 3.96. The number of nitrogens with zero attached hydrogens (tertiary/aromatic N) is 3. The van der Waals surface area contributed by atoms with Crippen molar-refractivity contribution in [1.29, 1.82) is 0 Å². The first-order chi connectivity index (χ1) is 14.0. The molecule has 8 nitrogen and oxygen atoms in total. The molecule has 0 aliphatic carbocycles. The van der Waals surface area contributed by atoms with Gasteiger partial charge >= 0.3 is 5.97 Å². The number of para-hydroxylation sites is 2. The Morgan fingerprint density at radius 1 is 1.24 bits per heavy atom. The predicted molar refractivity (Wildman–Crippen MR) is 109 cm³/mol. The average molecular weight is 391 g/mol. The van der Waals surface area contributed by atoms with E-state index < -0.39 is 12.0 Å². The summed E-state index contributed by atoms with van der Waals surface area (Å²) in [7, 11) is 0. The molecule has 0 amide bonds. The van der Waals surface area contributed by atoms with Crippen molar-refractivity contribution in [2.24, 2.45) is 5.92 Å². The second-order valence-corrected chi connectivity index (χ2v) is 7.26. The van der Waals surface area contributed by atoms with E-state index in [9.17, 15) is 9.90 Å². The fourth-order valence-electron chi connectivity index (χ4n) is 3.15. The first-order valence-electron chi connectivity index (χ1n) is 9.35. The van der Waals surface area contributed by atoms with Gasteiger partial charge in [0.15, 0.2) is 5.58 Å². The molecule has 1 aromatic carbocycles. The van der Waals surface area contributed by atoms with Crippen LogP contribution in [0.1, 0.15) is 20.3 Å². The standard InChI is InChI=1S/C21H21N5O3/c1-12(2)7-17(21(27)28)25-19-15(8-13(9-22-19)14-10-23-24-11-14)20-26-16-5-3-4-6-18(16)29-20/h3-6,8-12,17H,7H2,1-2H3,(H,22,25)(H,23,24)(H,27,28)/t17-/m0/s1. The summed E-state index contributed by atoms with van der Waals surface area (Å²) in [5.41, 5.74) is 3.64. The van der Waals surface area contributed by atoms with Crippen molar-refractivity contribution >= 4 is 22.9 Å². The number of aromatic nitrogens is 4. The molecule has 0 radical (unpaired) electrons. The van der Waals surface area contributed by atoms with Crippen molar-refractivity contribution in [2.75, 3.05) is 5.32 Å². The molecule has 0 unspecified atom stereocenters. The third-order valence-electron chi connectivity index (χ3n) is 4.56. The van der Waals surface area contributed by atoms with Crippen molar-refractivity contribution in [1.82, 2.24) is 20.2 Å². The quantitative estimate of drug-likeness (QED) is 0.432. The van der Waals surface area contributed by atoms with E-state index in [4.69, 9.17) is 4.42 Å². The van der Waals surface area contributed by atoms with Crippen LogP contribution < -0.4 is 5.32 Å². The summed E-state index contributed by atoms with van der Waals surface area (Å²) in [5.74, 6) is 0.0709. The molecule has 0 spiro atoms. The summed E-state index contributed by atoms with van der Waals surface area (Å²) in [4.78, 5) is 20.8. The number of aliphatic carboxylic acids is 1. The van der Waals surface area contributed by atoms with E-state index in [2.05, 4.69) is 25.5 Å². The molecular formula is C21H21N5O3. The molecule has 0 aliphatic heterocycles. The summed E-state index contributed by atoms with van der Waals surface area (Å²) in [6, 6.07) is 8.56. The zero-order valence-electron chi connectivity index (χ0n) is 16.1. The zero-order valence-corrected chi connectivity index (χ0v) is 16.1. The lowest BCUT2D eigenvalue weighted by Crippen LogP contribution is -2.31. The topological polar surface area (TPSA) is 117 Å². The number of carbonyl (C=O) groups is 1. The first kappa shape index (κ1) is 18.7. The Hall–Kier alpha value is -3.68. The van der Waals surface area contributed by atoms with Gasteiger partial charge in [0.1, 0.15) is 17.4 Å². The van der Waals surface area contributed by atoms with Crippen molar-refractivity contribution in [3.05, 3.63) is 48.9 Å². The van der Waals surface area contributed by atoms with Gasteiger partial charge in [0.2, 0.25) is 5.89 Å². The SMILES string of the molecule is CC(C)C[C@H](Nc1ncc(-c2cn[nH]c2)cc1-c1nc2ccccc2o1)C(=O)O. The molecule has 0 saturated carbocycles. The minimum absolute atomic E-state index is 0.210. The van der Waals surface area contributed by atoms with E-state index in [1.807, 2.05) is 44.2 Å². The highest BCUT2D eigenvalue weighted by atomic mass is 16.4. The van der Waals surface area contributed by atoms with Crippen molar-refractivity contribution in [3.8, 4) is 22.6 Å². The Morgan fingerprint density at radius 2 is 2.07 bits per heavy atom. The van der Waals surface area contributed by atoms with E-state index in [1.54, 1.807) is 18.6 Å². The minimum Gasteiger partial charge on any atom is -0.480 e. The summed E-state index contributed by atoms with van der Waals surface area (Å²) in [6.45, 7) is 3.96.